The van der Waals surface area contributed by atoms with E-state index in [2.05, 4.69) is 97.6 Å². The molecule has 1 aliphatic carbocycles. The third-order valence-electron chi connectivity index (χ3n) is 6.70. The first kappa shape index (κ1) is 19.9. The fourth-order valence-corrected chi connectivity index (χ4v) is 9.97. The Balaban J connectivity index is 1.74. The first-order chi connectivity index (χ1) is 14.3. The Morgan fingerprint density at radius 2 is 1.10 bits per heavy atom. The van der Waals surface area contributed by atoms with Gasteiger partial charge in [-0.05, 0) is 40.4 Å². The van der Waals surface area contributed by atoms with Gasteiger partial charge in [-0.25, -0.2) is 0 Å². The van der Waals surface area contributed by atoms with Gasteiger partial charge in [-0.2, -0.15) is 0 Å². The largest absolute Gasteiger partial charge is 0.152 e. The van der Waals surface area contributed by atoms with Crippen LogP contribution >= 0.6 is 0 Å². The molecule has 0 unspecified atom stereocenters. The van der Waals surface area contributed by atoms with Crippen LogP contribution in [0.25, 0.3) is 0 Å². The molecule has 0 heterocycles. The molecule has 3 aromatic rings. The van der Waals surface area contributed by atoms with Gasteiger partial charge in [0, 0.05) is 0 Å². The molecule has 1 fully saturated rings. The molecule has 0 atom stereocenters. The van der Waals surface area contributed by atoms with Crippen molar-refractivity contribution in [3.8, 4) is 0 Å². The van der Waals surface area contributed by atoms with Crippen molar-refractivity contribution in [1.82, 2.24) is 0 Å². The van der Waals surface area contributed by atoms with Crippen molar-refractivity contribution in [2.45, 2.75) is 44.6 Å². The average Bonchev–Trinajstić information content (AvgIpc) is 3.32. The van der Waals surface area contributed by atoms with Gasteiger partial charge in [-0.15, -0.1) is 6.58 Å². The molecule has 1 saturated carbocycles. The van der Waals surface area contributed by atoms with E-state index in [0.29, 0.717) is 0 Å². The summed E-state index contributed by atoms with van der Waals surface area (Å²) in [6.45, 7) is 4.61. The minimum absolute atomic E-state index is 0.924. The standard InChI is InChI=1S/C28H32Si/c1-24(21-22-25-13-11-12-14-25)23-29(26-15-5-2-6-16-26,27-17-7-3-8-18-27)28-19-9-4-10-20-28/h2-10,15-20,25H,1,11-14,21-23H2. The summed E-state index contributed by atoms with van der Waals surface area (Å²) in [5.74, 6) is 0.924. The first-order valence-electron chi connectivity index (χ1n) is 11.1. The second kappa shape index (κ2) is 9.41. The zero-order valence-electron chi connectivity index (χ0n) is 17.4. The van der Waals surface area contributed by atoms with Crippen LogP contribution in [0.2, 0.25) is 6.04 Å². The fourth-order valence-electron chi connectivity index (χ4n) is 5.14. The minimum Gasteiger partial charge on any atom is -0.100 e. The lowest BCUT2D eigenvalue weighted by Crippen LogP contribution is -2.67. The first-order valence-corrected chi connectivity index (χ1v) is 13.3. The predicted molar refractivity (Wildman–Crippen MR) is 129 cm³/mol. The number of hydrogen-bond acceptors (Lipinski definition) is 0. The van der Waals surface area contributed by atoms with E-state index < -0.39 is 8.07 Å². The van der Waals surface area contributed by atoms with Gasteiger partial charge in [0.1, 0.15) is 0 Å². The van der Waals surface area contributed by atoms with Crippen LogP contribution in [0.5, 0.6) is 0 Å². The highest BCUT2D eigenvalue weighted by atomic mass is 28.3. The molecule has 29 heavy (non-hydrogen) atoms. The molecule has 0 N–H and O–H groups in total. The molecule has 0 nitrogen and oxygen atoms in total. The topological polar surface area (TPSA) is 0 Å². The van der Waals surface area contributed by atoms with Gasteiger partial charge < -0.3 is 0 Å². The van der Waals surface area contributed by atoms with Gasteiger partial charge in [0.15, 0.2) is 8.07 Å². The van der Waals surface area contributed by atoms with Crippen LogP contribution in [0.1, 0.15) is 38.5 Å². The number of benzene rings is 3. The molecule has 4 rings (SSSR count). The Morgan fingerprint density at radius 1 is 0.690 bits per heavy atom. The number of allylic oxidation sites excluding steroid dienone is 1. The Bertz CT molecular complexity index is 796. The van der Waals surface area contributed by atoms with Crippen molar-refractivity contribution < 1.29 is 0 Å². The van der Waals surface area contributed by atoms with E-state index in [1.54, 1.807) is 0 Å². The normalized spacial score (nSPS) is 14.8. The lowest BCUT2D eigenvalue weighted by Gasteiger charge is -2.34. The molecular formula is C28H32Si. The lowest BCUT2D eigenvalue weighted by atomic mass is 9.99. The lowest BCUT2D eigenvalue weighted by molar-refractivity contribution is 0.503. The maximum atomic E-state index is 4.61. The zero-order chi connectivity index (χ0) is 19.9. The van der Waals surface area contributed by atoms with E-state index in [1.807, 2.05) is 0 Å². The Morgan fingerprint density at radius 3 is 1.52 bits per heavy atom. The molecule has 0 aliphatic heterocycles. The van der Waals surface area contributed by atoms with Crippen LogP contribution in [-0.4, -0.2) is 8.07 Å². The van der Waals surface area contributed by atoms with Crippen molar-refractivity contribution in [3.63, 3.8) is 0 Å². The Labute approximate surface area is 177 Å². The molecule has 1 aliphatic rings. The summed E-state index contributed by atoms with van der Waals surface area (Å²) in [6, 6.07) is 34.7. The summed E-state index contributed by atoms with van der Waals surface area (Å²) in [5.41, 5.74) is 1.43. The Kier molecular flexibility index (Phi) is 6.46. The van der Waals surface area contributed by atoms with Gasteiger partial charge in [0.25, 0.3) is 0 Å². The van der Waals surface area contributed by atoms with Crippen molar-refractivity contribution in [3.05, 3.63) is 103 Å². The van der Waals surface area contributed by atoms with Crippen molar-refractivity contribution in [2.24, 2.45) is 5.92 Å². The fraction of sp³-hybridized carbons (Fsp3) is 0.286. The summed E-state index contributed by atoms with van der Waals surface area (Å²) < 4.78 is 0. The second-order valence-electron chi connectivity index (χ2n) is 8.62. The number of hydrogen-bond donors (Lipinski definition) is 0. The van der Waals surface area contributed by atoms with Gasteiger partial charge in [-0.1, -0.05) is 122 Å². The summed E-state index contributed by atoms with van der Waals surface area (Å²) >= 11 is 0. The van der Waals surface area contributed by atoms with E-state index >= 15 is 0 Å². The second-order valence-corrected chi connectivity index (χ2v) is 12.5. The monoisotopic (exact) mass is 396 g/mol. The van der Waals surface area contributed by atoms with E-state index in [-0.39, 0.29) is 0 Å². The van der Waals surface area contributed by atoms with Gasteiger partial charge in [0.05, 0.1) is 0 Å². The van der Waals surface area contributed by atoms with Crippen LogP contribution in [0.15, 0.2) is 103 Å². The molecule has 0 aromatic heterocycles. The van der Waals surface area contributed by atoms with Crippen LogP contribution in [0.4, 0.5) is 0 Å². The summed E-state index contributed by atoms with van der Waals surface area (Å²) in [7, 11) is -2.16. The van der Waals surface area contributed by atoms with Crippen molar-refractivity contribution in [1.29, 1.82) is 0 Å². The van der Waals surface area contributed by atoms with E-state index in [1.165, 1.54) is 59.7 Å². The maximum absolute atomic E-state index is 4.61. The van der Waals surface area contributed by atoms with Gasteiger partial charge in [-0.3, -0.25) is 0 Å². The summed E-state index contributed by atoms with van der Waals surface area (Å²) in [5, 5.41) is 4.46. The highest BCUT2D eigenvalue weighted by Gasteiger charge is 2.39. The minimum atomic E-state index is -2.16. The summed E-state index contributed by atoms with van der Waals surface area (Å²) in [4.78, 5) is 0. The molecule has 0 radical (unpaired) electrons. The van der Waals surface area contributed by atoms with E-state index in [9.17, 15) is 0 Å². The maximum Gasteiger partial charge on any atom is 0.152 e. The van der Waals surface area contributed by atoms with Gasteiger partial charge >= 0.3 is 0 Å². The van der Waals surface area contributed by atoms with Crippen LogP contribution in [0.3, 0.4) is 0 Å². The SMILES string of the molecule is C=C(CCC1CCCC1)C[Si](c1ccccc1)(c1ccccc1)c1ccccc1. The van der Waals surface area contributed by atoms with Gasteiger partial charge in [0.2, 0.25) is 0 Å². The van der Waals surface area contributed by atoms with Crippen LogP contribution in [-0.2, 0) is 0 Å². The highest BCUT2D eigenvalue weighted by Crippen LogP contribution is 2.31. The molecular weight excluding hydrogens is 364 g/mol. The van der Waals surface area contributed by atoms with Crippen molar-refractivity contribution in [2.75, 3.05) is 0 Å². The molecule has 0 bridgehead atoms. The van der Waals surface area contributed by atoms with E-state index in [4.69, 9.17) is 0 Å². The highest BCUT2D eigenvalue weighted by molar-refractivity contribution is 7.11. The van der Waals surface area contributed by atoms with E-state index in [0.717, 1.165) is 12.0 Å². The Hall–Kier alpha value is -2.38. The third-order valence-corrected chi connectivity index (χ3v) is 11.7. The molecule has 0 spiro atoms. The predicted octanol–water partition coefficient (Wildman–Crippen LogP) is 5.68. The smallest absolute Gasteiger partial charge is 0.100 e. The third kappa shape index (κ3) is 4.46. The molecule has 148 valence electrons. The van der Waals surface area contributed by atoms with Crippen molar-refractivity contribution >= 4 is 23.6 Å². The molecule has 0 saturated heterocycles. The molecule has 3 aromatic carbocycles. The summed E-state index contributed by atoms with van der Waals surface area (Å²) in [6.07, 6.45) is 8.19. The number of rotatable bonds is 8. The van der Waals surface area contributed by atoms with Crippen LogP contribution in [0, 0.1) is 5.92 Å². The molecule has 0 amide bonds. The van der Waals surface area contributed by atoms with Crippen LogP contribution < -0.4 is 15.6 Å². The molecule has 1 heteroatoms. The average molecular weight is 397 g/mol. The quantitative estimate of drug-likeness (QED) is 0.261. The zero-order valence-corrected chi connectivity index (χ0v) is 18.4.